The number of rotatable bonds is 2. The molecule has 0 aromatic rings. The Bertz CT molecular complexity index is 224. The fourth-order valence-corrected chi connectivity index (χ4v) is 2.74. The van der Waals surface area contributed by atoms with Crippen molar-refractivity contribution in [2.75, 3.05) is 30.3 Å². The lowest BCUT2D eigenvalue weighted by atomic mass is 10.3. The van der Waals surface area contributed by atoms with E-state index in [1.54, 1.807) is 0 Å². The third-order valence-corrected chi connectivity index (χ3v) is 4.40. The van der Waals surface area contributed by atoms with E-state index in [9.17, 15) is 8.42 Å². The van der Waals surface area contributed by atoms with Crippen molar-refractivity contribution in [1.29, 1.82) is 0 Å². The molecule has 12 heavy (non-hydrogen) atoms. The largest absolute Gasteiger partial charge is 0.298 e. The van der Waals surface area contributed by atoms with Gasteiger partial charge in [-0.05, 0) is 6.92 Å². The van der Waals surface area contributed by atoms with Crippen LogP contribution in [0.15, 0.2) is 0 Å². The Kier molecular flexibility index (Phi) is 3.43. The Morgan fingerprint density at radius 2 is 1.92 bits per heavy atom. The first-order valence-electron chi connectivity index (χ1n) is 4.10. The normalized spacial score (nSPS) is 26.8. The molecule has 0 N–H and O–H groups in total. The number of hydrogen-bond acceptors (Lipinski definition) is 4. The van der Waals surface area contributed by atoms with Gasteiger partial charge in [0.1, 0.15) is 0 Å². The molecule has 0 bridgehead atoms. The van der Waals surface area contributed by atoms with Gasteiger partial charge in [0.15, 0.2) is 9.84 Å². The van der Waals surface area contributed by atoms with Gasteiger partial charge in [0.25, 0.3) is 0 Å². The van der Waals surface area contributed by atoms with Crippen LogP contribution in [-0.2, 0) is 9.84 Å². The average Bonchev–Trinajstić information content (AvgIpc) is 2.03. The van der Waals surface area contributed by atoms with Crippen molar-refractivity contribution in [3.05, 3.63) is 0 Å². The molecule has 1 rings (SSSR count). The van der Waals surface area contributed by atoms with Crippen molar-refractivity contribution in [2.45, 2.75) is 13.0 Å². The van der Waals surface area contributed by atoms with Crippen molar-refractivity contribution in [2.24, 2.45) is 0 Å². The second kappa shape index (κ2) is 3.98. The molecule has 72 valence electrons. The van der Waals surface area contributed by atoms with E-state index in [0.29, 0.717) is 30.6 Å². The van der Waals surface area contributed by atoms with Crippen molar-refractivity contribution in [3.63, 3.8) is 0 Å². The number of hydrogen-bond donors (Lipinski definition) is 1. The third-order valence-electron chi connectivity index (χ3n) is 2.27. The molecule has 1 aliphatic heterocycles. The molecule has 0 radical (unpaired) electrons. The maximum Gasteiger partial charge on any atom is 0.152 e. The Morgan fingerprint density at radius 1 is 1.42 bits per heavy atom. The first kappa shape index (κ1) is 10.3. The minimum Gasteiger partial charge on any atom is -0.298 e. The highest BCUT2D eigenvalue weighted by Gasteiger charge is 2.23. The first-order chi connectivity index (χ1) is 5.55. The van der Waals surface area contributed by atoms with Crippen molar-refractivity contribution >= 4 is 22.5 Å². The van der Waals surface area contributed by atoms with Gasteiger partial charge in [-0.3, -0.25) is 4.90 Å². The maximum atomic E-state index is 11.1. The fourth-order valence-electron chi connectivity index (χ4n) is 1.28. The summed E-state index contributed by atoms with van der Waals surface area (Å²) in [6, 6.07) is 0.392. The van der Waals surface area contributed by atoms with E-state index >= 15 is 0 Å². The third kappa shape index (κ3) is 2.64. The number of sulfone groups is 1. The highest BCUT2D eigenvalue weighted by atomic mass is 32.2. The van der Waals surface area contributed by atoms with Gasteiger partial charge in [-0.1, -0.05) is 0 Å². The van der Waals surface area contributed by atoms with Crippen LogP contribution in [-0.4, -0.2) is 49.7 Å². The van der Waals surface area contributed by atoms with Crippen LogP contribution in [0.4, 0.5) is 0 Å². The smallest absolute Gasteiger partial charge is 0.152 e. The Labute approximate surface area is 79.5 Å². The molecule has 5 heteroatoms. The van der Waals surface area contributed by atoms with Gasteiger partial charge in [-0.2, -0.15) is 12.6 Å². The summed E-state index contributed by atoms with van der Waals surface area (Å²) in [5, 5.41) is 0. The zero-order valence-corrected chi connectivity index (χ0v) is 8.94. The summed E-state index contributed by atoms with van der Waals surface area (Å²) < 4.78 is 22.1. The lowest BCUT2D eigenvalue weighted by Crippen LogP contribution is -2.45. The summed E-state index contributed by atoms with van der Waals surface area (Å²) >= 11 is 4.18. The SMILES string of the molecule is CC(CS)N1CCS(=O)(=O)CC1. The van der Waals surface area contributed by atoms with E-state index in [1.807, 2.05) is 0 Å². The number of nitrogens with zero attached hydrogens (tertiary/aromatic N) is 1. The molecule has 0 aromatic carbocycles. The van der Waals surface area contributed by atoms with Crippen LogP contribution in [0.25, 0.3) is 0 Å². The topological polar surface area (TPSA) is 37.4 Å². The van der Waals surface area contributed by atoms with Gasteiger partial charge in [-0.15, -0.1) is 0 Å². The number of thiol groups is 1. The van der Waals surface area contributed by atoms with Crippen LogP contribution in [0.3, 0.4) is 0 Å². The molecule has 0 aromatic heterocycles. The Morgan fingerprint density at radius 3 is 2.33 bits per heavy atom. The van der Waals surface area contributed by atoms with Crippen LogP contribution in [0.5, 0.6) is 0 Å². The Balaban J connectivity index is 2.46. The quantitative estimate of drug-likeness (QED) is 0.652. The summed E-state index contributed by atoms with van der Waals surface area (Å²) in [5.41, 5.74) is 0. The van der Waals surface area contributed by atoms with Gasteiger partial charge in [0.2, 0.25) is 0 Å². The second-order valence-corrected chi connectivity index (χ2v) is 5.89. The van der Waals surface area contributed by atoms with Gasteiger partial charge >= 0.3 is 0 Å². The molecular weight excluding hydrogens is 194 g/mol. The van der Waals surface area contributed by atoms with Crippen molar-refractivity contribution in [1.82, 2.24) is 4.90 Å². The fraction of sp³-hybridized carbons (Fsp3) is 1.00. The molecule has 0 aliphatic carbocycles. The molecule has 3 nitrogen and oxygen atoms in total. The zero-order valence-electron chi connectivity index (χ0n) is 7.23. The first-order valence-corrected chi connectivity index (χ1v) is 6.56. The lowest BCUT2D eigenvalue weighted by Gasteiger charge is -2.31. The predicted octanol–water partition coefficient (Wildman–Crippen LogP) is 0.0351. The molecule has 0 spiro atoms. The van der Waals surface area contributed by atoms with Crippen LogP contribution >= 0.6 is 12.6 Å². The van der Waals surface area contributed by atoms with E-state index in [1.165, 1.54) is 0 Å². The van der Waals surface area contributed by atoms with Crippen LogP contribution < -0.4 is 0 Å². The van der Waals surface area contributed by atoms with Crippen molar-refractivity contribution in [3.8, 4) is 0 Å². The standard InChI is InChI=1S/C7H15NO2S2/c1-7(6-11)8-2-4-12(9,10)5-3-8/h7,11H,2-6H2,1H3. The summed E-state index contributed by atoms with van der Waals surface area (Å²) in [6.07, 6.45) is 0. The zero-order chi connectivity index (χ0) is 9.19. The minimum atomic E-state index is -2.72. The van der Waals surface area contributed by atoms with Gasteiger partial charge < -0.3 is 0 Å². The molecule has 1 saturated heterocycles. The van der Waals surface area contributed by atoms with E-state index in [0.717, 1.165) is 5.75 Å². The van der Waals surface area contributed by atoms with E-state index in [4.69, 9.17) is 0 Å². The molecule has 1 aliphatic rings. The molecule has 0 saturated carbocycles. The molecule has 0 amide bonds. The summed E-state index contributed by atoms with van der Waals surface area (Å²) in [4.78, 5) is 2.17. The molecular formula is C7H15NO2S2. The predicted molar refractivity (Wildman–Crippen MR) is 53.5 cm³/mol. The van der Waals surface area contributed by atoms with E-state index in [-0.39, 0.29) is 0 Å². The summed E-state index contributed by atoms with van der Waals surface area (Å²) in [5.74, 6) is 1.41. The van der Waals surface area contributed by atoms with Crippen molar-refractivity contribution < 1.29 is 8.42 Å². The highest BCUT2D eigenvalue weighted by Crippen LogP contribution is 2.08. The molecule has 1 unspecified atom stereocenters. The molecule has 1 fully saturated rings. The average molecular weight is 209 g/mol. The van der Waals surface area contributed by atoms with Gasteiger partial charge in [-0.25, -0.2) is 8.42 Å². The van der Waals surface area contributed by atoms with Crippen LogP contribution in [0.1, 0.15) is 6.92 Å². The maximum absolute atomic E-state index is 11.1. The molecule has 1 heterocycles. The minimum absolute atomic E-state index is 0.311. The molecule has 1 atom stereocenters. The highest BCUT2D eigenvalue weighted by molar-refractivity contribution is 7.91. The van der Waals surface area contributed by atoms with Gasteiger partial charge in [0.05, 0.1) is 11.5 Å². The summed E-state index contributed by atoms with van der Waals surface area (Å²) in [7, 11) is -2.72. The Hall–Kier alpha value is 0.260. The van der Waals surface area contributed by atoms with Gasteiger partial charge in [0, 0.05) is 24.9 Å². The van der Waals surface area contributed by atoms with Crippen LogP contribution in [0.2, 0.25) is 0 Å². The van der Waals surface area contributed by atoms with E-state index < -0.39 is 9.84 Å². The second-order valence-electron chi connectivity index (χ2n) is 3.22. The summed E-state index contributed by atoms with van der Waals surface area (Å²) in [6.45, 7) is 3.42. The monoisotopic (exact) mass is 209 g/mol. The van der Waals surface area contributed by atoms with Crippen LogP contribution in [0, 0.1) is 0 Å². The van der Waals surface area contributed by atoms with E-state index in [2.05, 4.69) is 24.5 Å². The lowest BCUT2D eigenvalue weighted by molar-refractivity contribution is 0.244.